The van der Waals surface area contributed by atoms with Crippen LogP contribution >= 0.6 is 15.9 Å². The fourth-order valence-corrected chi connectivity index (χ4v) is 2.78. The van der Waals surface area contributed by atoms with E-state index in [9.17, 15) is 0 Å². The van der Waals surface area contributed by atoms with Crippen molar-refractivity contribution in [3.63, 3.8) is 0 Å². The van der Waals surface area contributed by atoms with Gasteiger partial charge in [-0.15, -0.1) is 0 Å². The summed E-state index contributed by atoms with van der Waals surface area (Å²) in [5.74, 6) is 1.71. The van der Waals surface area contributed by atoms with Gasteiger partial charge in [0, 0.05) is 13.1 Å². The first-order valence-corrected chi connectivity index (χ1v) is 7.81. The molecule has 1 aromatic heterocycles. The summed E-state index contributed by atoms with van der Waals surface area (Å²) in [6.07, 6.45) is 5.45. The smallest absolute Gasteiger partial charge is 0.145 e. The molecule has 0 radical (unpaired) electrons. The van der Waals surface area contributed by atoms with Crippen molar-refractivity contribution >= 4 is 27.6 Å². The second-order valence-corrected chi connectivity index (χ2v) is 5.54. The van der Waals surface area contributed by atoms with Gasteiger partial charge in [-0.1, -0.05) is 0 Å². The highest BCUT2D eigenvalue weighted by Crippen LogP contribution is 2.26. The average Bonchev–Trinajstić information content (AvgIpc) is 2.92. The van der Waals surface area contributed by atoms with Crippen LogP contribution in [0.5, 0.6) is 0 Å². The molecule has 1 aliphatic rings. The SMILES string of the molecule is CCNc1ncnc(NCCCN2CCCC2)c1Br. The molecule has 106 valence electrons. The number of hydrogen-bond donors (Lipinski definition) is 2. The maximum atomic E-state index is 4.27. The Bertz CT molecular complexity index is 393. The number of hydrogen-bond acceptors (Lipinski definition) is 5. The summed E-state index contributed by atoms with van der Waals surface area (Å²) in [6.45, 7) is 7.55. The summed E-state index contributed by atoms with van der Waals surface area (Å²) in [5, 5.41) is 6.58. The van der Waals surface area contributed by atoms with Crippen LogP contribution in [0.1, 0.15) is 26.2 Å². The second-order valence-electron chi connectivity index (χ2n) is 4.74. The van der Waals surface area contributed by atoms with E-state index in [1.807, 2.05) is 0 Å². The molecule has 0 aliphatic carbocycles. The summed E-state index contributed by atoms with van der Waals surface area (Å²) in [7, 11) is 0. The van der Waals surface area contributed by atoms with Crippen molar-refractivity contribution in [2.45, 2.75) is 26.2 Å². The lowest BCUT2D eigenvalue weighted by atomic mass is 10.4. The molecule has 2 rings (SSSR count). The number of halogens is 1. The fraction of sp³-hybridized carbons (Fsp3) is 0.692. The highest BCUT2D eigenvalue weighted by atomic mass is 79.9. The van der Waals surface area contributed by atoms with Crippen LogP contribution in [0, 0.1) is 0 Å². The molecule has 1 aliphatic heterocycles. The lowest BCUT2D eigenvalue weighted by molar-refractivity contribution is 0.337. The minimum atomic E-state index is 0.847. The maximum Gasteiger partial charge on any atom is 0.145 e. The van der Waals surface area contributed by atoms with E-state index in [4.69, 9.17) is 0 Å². The van der Waals surface area contributed by atoms with Crippen LogP contribution in [0.25, 0.3) is 0 Å². The molecule has 6 heteroatoms. The molecule has 0 unspecified atom stereocenters. The van der Waals surface area contributed by atoms with Crippen LogP contribution in [0.3, 0.4) is 0 Å². The van der Waals surface area contributed by atoms with Gasteiger partial charge >= 0.3 is 0 Å². The molecule has 0 aromatic carbocycles. The van der Waals surface area contributed by atoms with Crippen LogP contribution in [0.2, 0.25) is 0 Å². The standard InChI is InChI=1S/C13H22BrN5/c1-2-15-12-11(14)13(18-10-17-12)16-6-5-9-19-7-3-4-8-19/h10H,2-9H2,1H3,(H2,15,16,17,18). The molecule has 0 bridgehead atoms. The van der Waals surface area contributed by atoms with E-state index in [-0.39, 0.29) is 0 Å². The minimum Gasteiger partial charge on any atom is -0.369 e. The Morgan fingerprint density at radius 3 is 2.58 bits per heavy atom. The Morgan fingerprint density at radius 2 is 1.89 bits per heavy atom. The van der Waals surface area contributed by atoms with Gasteiger partial charge in [-0.05, 0) is 61.8 Å². The van der Waals surface area contributed by atoms with Crippen molar-refractivity contribution in [2.75, 3.05) is 43.4 Å². The summed E-state index contributed by atoms with van der Waals surface area (Å²) in [6, 6.07) is 0. The Kier molecular flexibility index (Phi) is 5.85. The van der Waals surface area contributed by atoms with Crippen molar-refractivity contribution in [2.24, 2.45) is 0 Å². The van der Waals surface area contributed by atoms with Gasteiger partial charge in [-0.2, -0.15) is 0 Å². The maximum absolute atomic E-state index is 4.27. The van der Waals surface area contributed by atoms with E-state index >= 15 is 0 Å². The molecule has 0 saturated carbocycles. The molecule has 19 heavy (non-hydrogen) atoms. The zero-order valence-electron chi connectivity index (χ0n) is 11.5. The van der Waals surface area contributed by atoms with Crippen molar-refractivity contribution in [1.82, 2.24) is 14.9 Å². The lowest BCUT2D eigenvalue weighted by Gasteiger charge is -2.15. The predicted octanol–water partition coefficient (Wildman–Crippen LogP) is 2.57. The molecule has 0 atom stereocenters. The Balaban J connectivity index is 1.77. The summed E-state index contributed by atoms with van der Waals surface area (Å²) in [5.41, 5.74) is 0. The lowest BCUT2D eigenvalue weighted by Crippen LogP contribution is -2.22. The minimum absolute atomic E-state index is 0.847. The van der Waals surface area contributed by atoms with Crippen molar-refractivity contribution < 1.29 is 0 Å². The summed E-state index contributed by atoms with van der Waals surface area (Å²) < 4.78 is 0.915. The van der Waals surface area contributed by atoms with Crippen molar-refractivity contribution in [3.8, 4) is 0 Å². The Hall–Kier alpha value is -0.880. The largest absolute Gasteiger partial charge is 0.369 e. The number of nitrogens with zero attached hydrogens (tertiary/aromatic N) is 3. The molecule has 1 saturated heterocycles. The number of aromatic nitrogens is 2. The van der Waals surface area contributed by atoms with E-state index < -0.39 is 0 Å². The third-order valence-corrected chi connectivity index (χ3v) is 4.03. The molecule has 2 N–H and O–H groups in total. The van der Waals surface area contributed by atoms with Gasteiger partial charge in [0.1, 0.15) is 22.4 Å². The Labute approximate surface area is 123 Å². The molecular formula is C13H22BrN5. The number of rotatable bonds is 7. The monoisotopic (exact) mass is 327 g/mol. The van der Waals surface area contributed by atoms with E-state index in [1.165, 1.54) is 32.5 Å². The first-order chi connectivity index (χ1) is 9.31. The molecule has 5 nitrogen and oxygen atoms in total. The number of likely N-dealkylation sites (tertiary alicyclic amines) is 1. The molecule has 2 heterocycles. The normalized spacial score (nSPS) is 15.7. The number of nitrogens with one attached hydrogen (secondary N) is 2. The van der Waals surface area contributed by atoms with Crippen LogP contribution in [0.15, 0.2) is 10.8 Å². The predicted molar refractivity (Wildman–Crippen MR) is 82.7 cm³/mol. The molecular weight excluding hydrogens is 306 g/mol. The van der Waals surface area contributed by atoms with Crippen LogP contribution in [-0.2, 0) is 0 Å². The van der Waals surface area contributed by atoms with E-state index in [0.717, 1.165) is 35.6 Å². The van der Waals surface area contributed by atoms with E-state index in [2.05, 4.69) is 48.4 Å². The first kappa shape index (κ1) is 14.5. The van der Waals surface area contributed by atoms with Gasteiger partial charge in [0.15, 0.2) is 0 Å². The highest BCUT2D eigenvalue weighted by Gasteiger charge is 2.11. The third kappa shape index (κ3) is 4.31. The molecule has 0 amide bonds. The quantitative estimate of drug-likeness (QED) is 0.754. The fourth-order valence-electron chi connectivity index (χ4n) is 2.30. The number of anilines is 2. The topological polar surface area (TPSA) is 53.1 Å². The van der Waals surface area contributed by atoms with Gasteiger partial charge in [-0.25, -0.2) is 9.97 Å². The second kappa shape index (κ2) is 7.65. The van der Waals surface area contributed by atoms with Crippen molar-refractivity contribution in [3.05, 3.63) is 10.8 Å². The molecule has 1 fully saturated rings. The summed E-state index contributed by atoms with van der Waals surface area (Å²) in [4.78, 5) is 11.0. The van der Waals surface area contributed by atoms with E-state index in [0.29, 0.717) is 0 Å². The van der Waals surface area contributed by atoms with Gasteiger partial charge < -0.3 is 15.5 Å². The van der Waals surface area contributed by atoms with Gasteiger partial charge in [0.05, 0.1) is 0 Å². The Morgan fingerprint density at radius 1 is 1.21 bits per heavy atom. The van der Waals surface area contributed by atoms with Gasteiger partial charge in [0.25, 0.3) is 0 Å². The average molecular weight is 328 g/mol. The van der Waals surface area contributed by atoms with Gasteiger partial charge in [-0.3, -0.25) is 0 Å². The van der Waals surface area contributed by atoms with Crippen LogP contribution in [-0.4, -0.2) is 47.6 Å². The summed E-state index contributed by atoms with van der Waals surface area (Å²) >= 11 is 3.54. The first-order valence-electron chi connectivity index (χ1n) is 7.02. The molecule has 1 aromatic rings. The third-order valence-electron chi connectivity index (χ3n) is 3.28. The van der Waals surface area contributed by atoms with E-state index in [1.54, 1.807) is 6.33 Å². The van der Waals surface area contributed by atoms with Crippen molar-refractivity contribution in [1.29, 1.82) is 0 Å². The highest BCUT2D eigenvalue weighted by molar-refractivity contribution is 9.10. The van der Waals surface area contributed by atoms with Crippen LogP contribution in [0.4, 0.5) is 11.6 Å². The molecule has 0 spiro atoms. The zero-order chi connectivity index (χ0) is 13.5. The van der Waals surface area contributed by atoms with Crippen LogP contribution < -0.4 is 10.6 Å². The zero-order valence-corrected chi connectivity index (χ0v) is 13.0. The van der Waals surface area contributed by atoms with Gasteiger partial charge in [0.2, 0.25) is 0 Å².